The lowest BCUT2D eigenvalue weighted by Gasteiger charge is -2.07. The third-order valence-electron chi connectivity index (χ3n) is 2.13. The molecule has 3 N–H and O–H groups in total. The number of sulfonamides is 1. The molecule has 78 valence electrons. The van der Waals surface area contributed by atoms with Gasteiger partial charge in [-0.05, 0) is 18.8 Å². The highest BCUT2D eigenvalue weighted by Crippen LogP contribution is 2.19. The maximum atomic E-state index is 11.4. The first-order chi connectivity index (χ1) is 5.91. The minimum atomic E-state index is -3.08. The second-order valence-corrected chi connectivity index (χ2v) is 6.00. The zero-order valence-corrected chi connectivity index (χ0v) is 8.97. The molecule has 1 fully saturated rings. The fraction of sp³-hybridized carbons (Fsp3) is 1.00. The van der Waals surface area contributed by atoms with Crippen LogP contribution in [-0.4, -0.2) is 26.3 Å². The van der Waals surface area contributed by atoms with Crippen molar-refractivity contribution in [3.8, 4) is 0 Å². The molecule has 5 heteroatoms. The molecule has 0 aromatic rings. The van der Waals surface area contributed by atoms with Crippen molar-refractivity contribution in [3.05, 3.63) is 0 Å². The van der Waals surface area contributed by atoms with Gasteiger partial charge in [-0.1, -0.05) is 13.8 Å². The third kappa shape index (κ3) is 4.06. The molecule has 0 aromatic carbocycles. The summed E-state index contributed by atoms with van der Waals surface area (Å²) in [7, 11) is -3.08. The molecule has 1 rings (SSSR count). The number of hydrogen-bond acceptors (Lipinski definition) is 3. The Balaban J connectivity index is 2.29. The summed E-state index contributed by atoms with van der Waals surface area (Å²) in [6.45, 7) is 4.02. The molecular weight excluding hydrogens is 188 g/mol. The predicted octanol–water partition coefficient (Wildman–Crippen LogP) is 0.0515. The Morgan fingerprint density at radius 3 is 2.46 bits per heavy atom. The van der Waals surface area contributed by atoms with Crippen LogP contribution in [-0.2, 0) is 10.0 Å². The van der Waals surface area contributed by atoms with Crippen molar-refractivity contribution < 1.29 is 8.42 Å². The van der Waals surface area contributed by atoms with Gasteiger partial charge in [0.2, 0.25) is 10.0 Å². The van der Waals surface area contributed by atoms with Gasteiger partial charge in [0.05, 0.1) is 5.75 Å². The second-order valence-electron chi connectivity index (χ2n) is 4.13. The maximum absolute atomic E-state index is 11.4. The SMILES string of the molecule is CC(C)CCS(=O)(=O)NC1CC1N. The summed E-state index contributed by atoms with van der Waals surface area (Å²) in [4.78, 5) is 0. The molecule has 1 aliphatic carbocycles. The highest BCUT2D eigenvalue weighted by atomic mass is 32.2. The van der Waals surface area contributed by atoms with Gasteiger partial charge in [-0.15, -0.1) is 0 Å². The highest BCUT2D eigenvalue weighted by Gasteiger charge is 2.36. The number of nitrogens with one attached hydrogen (secondary N) is 1. The van der Waals surface area contributed by atoms with Crippen LogP contribution in [0.4, 0.5) is 0 Å². The van der Waals surface area contributed by atoms with E-state index in [-0.39, 0.29) is 17.8 Å². The lowest BCUT2D eigenvalue weighted by Crippen LogP contribution is -2.32. The molecule has 13 heavy (non-hydrogen) atoms. The largest absolute Gasteiger partial charge is 0.326 e. The van der Waals surface area contributed by atoms with Crippen LogP contribution < -0.4 is 10.5 Å². The molecule has 0 amide bonds. The molecule has 1 aliphatic rings. The van der Waals surface area contributed by atoms with Crippen LogP contribution in [0.15, 0.2) is 0 Å². The summed E-state index contributed by atoms with van der Waals surface area (Å²) < 4.78 is 25.3. The lowest BCUT2D eigenvalue weighted by molar-refractivity contribution is 0.560. The average molecular weight is 206 g/mol. The van der Waals surface area contributed by atoms with Gasteiger partial charge in [0.25, 0.3) is 0 Å². The Morgan fingerprint density at radius 1 is 1.54 bits per heavy atom. The van der Waals surface area contributed by atoms with Crippen molar-refractivity contribution in [1.29, 1.82) is 0 Å². The molecule has 1 saturated carbocycles. The first-order valence-electron chi connectivity index (χ1n) is 4.66. The van der Waals surface area contributed by atoms with Crippen LogP contribution in [0.2, 0.25) is 0 Å². The topological polar surface area (TPSA) is 72.2 Å². The summed E-state index contributed by atoms with van der Waals surface area (Å²) in [5.41, 5.74) is 5.50. The van der Waals surface area contributed by atoms with Crippen molar-refractivity contribution in [2.24, 2.45) is 11.7 Å². The van der Waals surface area contributed by atoms with Crippen LogP contribution in [0, 0.1) is 5.92 Å². The fourth-order valence-corrected chi connectivity index (χ4v) is 2.66. The van der Waals surface area contributed by atoms with Gasteiger partial charge in [0.15, 0.2) is 0 Å². The molecule has 0 saturated heterocycles. The van der Waals surface area contributed by atoms with Crippen LogP contribution in [0.1, 0.15) is 26.7 Å². The predicted molar refractivity (Wildman–Crippen MR) is 52.8 cm³/mol. The Bertz CT molecular complexity index is 261. The smallest absolute Gasteiger partial charge is 0.211 e. The molecule has 0 aromatic heterocycles. The minimum Gasteiger partial charge on any atom is -0.326 e. The number of nitrogens with two attached hydrogens (primary N) is 1. The zero-order chi connectivity index (χ0) is 10.1. The monoisotopic (exact) mass is 206 g/mol. The van der Waals surface area contributed by atoms with Crippen LogP contribution in [0.25, 0.3) is 0 Å². The van der Waals surface area contributed by atoms with Crippen molar-refractivity contribution >= 4 is 10.0 Å². The van der Waals surface area contributed by atoms with Gasteiger partial charge < -0.3 is 5.73 Å². The summed E-state index contributed by atoms with van der Waals surface area (Å²) in [6.07, 6.45) is 1.48. The summed E-state index contributed by atoms with van der Waals surface area (Å²) >= 11 is 0. The molecule has 0 radical (unpaired) electrons. The van der Waals surface area contributed by atoms with Gasteiger partial charge >= 0.3 is 0 Å². The second kappa shape index (κ2) is 3.94. The summed E-state index contributed by atoms with van der Waals surface area (Å²) in [5, 5.41) is 0. The lowest BCUT2D eigenvalue weighted by atomic mass is 10.2. The average Bonchev–Trinajstić information content (AvgIpc) is 2.62. The van der Waals surface area contributed by atoms with E-state index in [1.54, 1.807) is 0 Å². The summed E-state index contributed by atoms with van der Waals surface area (Å²) in [6, 6.07) is 0.0333. The van der Waals surface area contributed by atoms with Gasteiger partial charge in [-0.25, -0.2) is 13.1 Å². The zero-order valence-electron chi connectivity index (χ0n) is 8.16. The normalized spacial score (nSPS) is 28.0. The molecule has 0 aliphatic heterocycles. The van der Waals surface area contributed by atoms with E-state index in [9.17, 15) is 8.42 Å². The highest BCUT2D eigenvalue weighted by molar-refractivity contribution is 7.89. The number of hydrogen-bond donors (Lipinski definition) is 2. The van der Waals surface area contributed by atoms with E-state index in [2.05, 4.69) is 4.72 Å². The maximum Gasteiger partial charge on any atom is 0.211 e. The van der Waals surface area contributed by atoms with Gasteiger partial charge in [0.1, 0.15) is 0 Å². The molecule has 0 heterocycles. The Labute approximate surface area is 79.9 Å². The van der Waals surface area contributed by atoms with Crippen molar-refractivity contribution in [2.45, 2.75) is 38.8 Å². The Hall–Kier alpha value is -0.130. The van der Waals surface area contributed by atoms with E-state index < -0.39 is 10.0 Å². The quantitative estimate of drug-likeness (QED) is 0.667. The summed E-state index contributed by atoms with van der Waals surface area (Å²) in [5.74, 6) is 0.637. The first kappa shape index (κ1) is 10.9. The van der Waals surface area contributed by atoms with Crippen molar-refractivity contribution in [1.82, 2.24) is 4.72 Å². The number of rotatable bonds is 5. The van der Waals surface area contributed by atoms with E-state index in [0.717, 1.165) is 6.42 Å². The molecule has 0 spiro atoms. The van der Waals surface area contributed by atoms with E-state index in [1.165, 1.54) is 0 Å². The minimum absolute atomic E-state index is 0.00263. The van der Waals surface area contributed by atoms with E-state index >= 15 is 0 Å². The molecule has 0 bridgehead atoms. The Morgan fingerprint density at radius 2 is 2.08 bits per heavy atom. The fourth-order valence-electron chi connectivity index (χ4n) is 1.03. The van der Waals surface area contributed by atoms with Gasteiger partial charge in [0, 0.05) is 12.1 Å². The molecular formula is C8H18N2O2S. The Kier molecular flexibility index (Phi) is 3.32. The molecule has 2 atom stereocenters. The third-order valence-corrected chi connectivity index (χ3v) is 3.57. The molecule has 2 unspecified atom stereocenters. The van der Waals surface area contributed by atoms with E-state index in [4.69, 9.17) is 5.73 Å². The van der Waals surface area contributed by atoms with Crippen LogP contribution in [0.5, 0.6) is 0 Å². The van der Waals surface area contributed by atoms with E-state index in [0.29, 0.717) is 12.3 Å². The van der Waals surface area contributed by atoms with Gasteiger partial charge in [-0.2, -0.15) is 0 Å². The molecule has 4 nitrogen and oxygen atoms in total. The van der Waals surface area contributed by atoms with Crippen LogP contribution >= 0.6 is 0 Å². The van der Waals surface area contributed by atoms with Crippen molar-refractivity contribution in [2.75, 3.05) is 5.75 Å². The standard InChI is InChI=1S/C8H18N2O2S/c1-6(2)3-4-13(11,12)10-8-5-7(8)9/h6-8,10H,3-5,9H2,1-2H3. The van der Waals surface area contributed by atoms with Crippen LogP contribution in [0.3, 0.4) is 0 Å². The van der Waals surface area contributed by atoms with Crippen molar-refractivity contribution in [3.63, 3.8) is 0 Å². The van der Waals surface area contributed by atoms with Gasteiger partial charge in [-0.3, -0.25) is 0 Å². The first-order valence-corrected chi connectivity index (χ1v) is 6.31. The van der Waals surface area contributed by atoms with E-state index in [1.807, 2.05) is 13.8 Å².